The highest BCUT2D eigenvalue weighted by Crippen LogP contribution is 2.26. The Balaban J connectivity index is 1.76. The molecule has 2 aromatic carbocycles. The van der Waals surface area contributed by atoms with Crippen molar-refractivity contribution >= 4 is 45.8 Å². The van der Waals surface area contributed by atoms with Gasteiger partial charge in [-0.25, -0.2) is 4.98 Å². The Morgan fingerprint density at radius 1 is 1.12 bits per heavy atom. The van der Waals surface area contributed by atoms with Crippen molar-refractivity contribution in [2.45, 2.75) is 20.8 Å². The van der Waals surface area contributed by atoms with Crippen LogP contribution in [-0.2, 0) is 4.79 Å². The van der Waals surface area contributed by atoms with Gasteiger partial charge in [0.15, 0.2) is 0 Å². The number of amides is 2. The molecule has 134 valence electrons. The fraction of sp³-hybridized carbons (Fsp3) is 0.211. The Morgan fingerprint density at radius 2 is 1.88 bits per heavy atom. The third kappa shape index (κ3) is 3.86. The zero-order valence-electron chi connectivity index (χ0n) is 14.7. The van der Waals surface area contributed by atoms with Gasteiger partial charge < -0.3 is 15.6 Å². The third-order valence-corrected chi connectivity index (χ3v) is 4.18. The molecule has 7 heteroatoms. The molecule has 3 N–H and O–H groups in total. The number of nitrogens with one attached hydrogen (secondary N) is 3. The Morgan fingerprint density at radius 3 is 2.58 bits per heavy atom. The molecule has 0 aliphatic rings. The molecule has 3 rings (SSSR count). The summed E-state index contributed by atoms with van der Waals surface area (Å²) in [6.45, 7) is 5.47. The summed E-state index contributed by atoms with van der Waals surface area (Å²) in [6, 6.07) is 10.2. The lowest BCUT2D eigenvalue weighted by molar-refractivity contribution is -0.118. The summed E-state index contributed by atoms with van der Waals surface area (Å²) in [5.74, 6) is 0.274. The van der Waals surface area contributed by atoms with E-state index < -0.39 is 0 Å². The lowest BCUT2D eigenvalue weighted by Crippen LogP contribution is -2.18. The van der Waals surface area contributed by atoms with E-state index in [0.29, 0.717) is 22.0 Å². The van der Waals surface area contributed by atoms with Crippen molar-refractivity contribution in [1.82, 2.24) is 9.97 Å². The second kappa shape index (κ2) is 7.17. The van der Waals surface area contributed by atoms with Crippen molar-refractivity contribution in [1.29, 1.82) is 0 Å². The Labute approximate surface area is 156 Å². The van der Waals surface area contributed by atoms with Gasteiger partial charge in [-0.15, -0.1) is 0 Å². The number of halogens is 1. The zero-order chi connectivity index (χ0) is 18.8. The van der Waals surface area contributed by atoms with Gasteiger partial charge >= 0.3 is 0 Å². The molecular weight excluding hydrogens is 352 g/mol. The molecule has 0 fully saturated rings. The highest BCUT2D eigenvalue weighted by Gasteiger charge is 2.12. The largest absolute Gasteiger partial charge is 0.342 e. The summed E-state index contributed by atoms with van der Waals surface area (Å²) in [6.07, 6.45) is 0. The van der Waals surface area contributed by atoms with Crippen molar-refractivity contribution in [3.8, 4) is 0 Å². The number of anilines is 2. The fourth-order valence-corrected chi connectivity index (χ4v) is 2.68. The summed E-state index contributed by atoms with van der Waals surface area (Å²) in [4.78, 5) is 31.7. The van der Waals surface area contributed by atoms with Crippen LogP contribution >= 0.6 is 11.6 Å². The summed E-state index contributed by atoms with van der Waals surface area (Å²) >= 11 is 6.21. The number of aryl methyl sites for hydroxylation is 1. The smallest absolute Gasteiger partial charge is 0.255 e. The van der Waals surface area contributed by atoms with Crippen LogP contribution < -0.4 is 10.6 Å². The van der Waals surface area contributed by atoms with Crippen LogP contribution in [0.1, 0.15) is 30.0 Å². The normalized spacial score (nSPS) is 11.0. The van der Waals surface area contributed by atoms with Crippen LogP contribution in [-0.4, -0.2) is 21.8 Å². The molecular formula is C19H19ClN4O2. The van der Waals surface area contributed by atoms with Gasteiger partial charge in [-0.2, -0.15) is 0 Å². The van der Waals surface area contributed by atoms with Gasteiger partial charge in [0.05, 0.1) is 21.7 Å². The molecule has 0 aliphatic heterocycles. The van der Waals surface area contributed by atoms with E-state index >= 15 is 0 Å². The second-order valence-electron chi connectivity index (χ2n) is 6.35. The first-order chi connectivity index (χ1) is 12.3. The number of benzene rings is 2. The highest BCUT2D eigenvalue weighted by molar-refractivity contribution is 6.34. The molecule has 0 saturated carbocycles. The minimum atomic E-state index is -0.255. The molecule has 2 amide bonds. The number of imidazole rings is 1. The number of carbonyl (C=O) groups excluding carboxylic acids is 2. The van der Waals surface area contributed by atoms with Crippen molar-refractivity contribution in [2.24, 2.45) is 5.92 Å². The maximum atomic E-state index is 12.5. The molecule has 0 aliphatic carbocycles. The minimum absolute atomic E-state index is 0.119. The van der Waals surface area contributed by atoms with Gasteiger partial charge in [0.1, 0.15) is 5.82 Å². The molecule has 1 heterocycles. The van der Waals surface area contributed by atoms with E-state index in [9.17, 15) is 9.59 Å². The molecule has 3 aromatic rings. The van der Waals surface area contributed by atoms with Crippen LogP contribution in [0.3, 0.4) is 0 Å². The van der Waals surface area contributed by atoms with E-state index in [0.717, 1.165) is 16.9 Å². The number of carbonyl (C=O) groups is 2. The molecule has 6 nitrogen and oxygen atoms in total. The SMILES string of the molecule is Cc1nc2ccc(C(=O)Nc3ccc(NC(=O)C(C)C)c(Cl)c3)cc2[nH]1. The van der Waals surface area contributed by atoms with Crippen LogP contribution in [0, 0.1) is 12.8 Å². The van der Waals surface area contributed by atoms with E-state index in [1.165, 1.54) is 0 Å². The number of rotatable bonds is 4. The number of fused-ring (bicyclic) bond motifs is 1. The fourth-order valence-electron chi connectivity index (χ4n) is 2.45. The van der Waals surface area contributed by atoms with Crippen LogP contribution in [0.5, 0.6) is 0 Å². The Bertz CT molecular complexity index is 994. The van der Waals surface area contributed by atoms with E-state index in [4.69, 9.17) is 11.6 Å². The summed E-state index contributed by atoms with van der Waals surface area (Å²) in [5.41, 5.74) is 3.18. The molecule has 1 aromatic heterocycles. The van der Waals surface area contributed by atoms with Crippen LogP contribution in [0.2, 0.25) is 5.02 Å². The first-order valence-electron chi connectivity index (χ1n) is 8.21. The quantitative estimate of drug-likeness (QED) is 0.637. The summed E-state index contributed by atoms with van der Waals surface area (Å²) < 4.78 is 0. The molecule has 0 radical (unpaired) electrons. The monoisotopic (exact) mass is 370 g/mol. The Hall–Kier alpha value is -2.86. The number of aromatic nitrogens is 2. The number of nitrogens with zero attached hydrogens (tertiary/aromatic N) is 1. The standard InChI is InChI=1S/C19H19ClN4O2/c1-10(2)18(25)24-15-7-5-13(9-14(15)20)23-19(26)12-4-6-16-17(8-12)22-11(3)21-16/h4-10H,1-3H3,(H,21,22)(H,23,26)(H,24,25). The predicted molar refractivity (Wildman–Crippen MR) is 104 cm³/mol. The average molecular weight is 371 g/mol. The van der Waals surface area contributed by atoms with E-state index in [2.05, 4.69) is 20.6 Å². The Kier molecular flexibility index (Phi) is 4.95. The first kappa shape index (κ1) is 17.9. The molecule has 26 heavy (non-hydrogen) atoms. The molecule has 0 unspecified atom stereocenters. The zero-order valence-corrected chi connectivity index (χ0v) is 15.4. The van der Waals surface area contributed by atoms with Gasteiger partial charge in [0, 0.05) is 17.2 Å². The topological polar surface area (TPSA) is 86.9 Å². The average Bonchev–Trinajstić information content (AvgIpc) is 2.96. The van der Waals surface area contributed by atoms with Crippen LogP contribution in [0.4, 0.5) is 11.4 Å². The minimum Gasteiger partial charge on any atom is -0.342 e. The number of hydrogen-bond acceptors (Lipinski definition) is 3. The maximum absolute atomic E-state index is 12.5. The van der Waals surface area contributed by atoms with Gasteiger partial charge in [-0.1, -0.05) is 25.4 Å². The highest BCUT2D eigenvalue weighted by atomic mass is 35.5. The van der Waals surface area contributed by atoms with Gasteiger partial charge in [0.2, 0.25) is 5.91 Å². The number of aromatic amines is 1. The van der Waals surface area contributed by atoms with Crippen molar-refractivity contribution < 1.29 is 9.59 Å². The first-order valence-corrected chi connectivity index (χ1v) is 8.59. The second-order valence-corrected chi connectivity index (χ2v) is 6.75. The van der Waals surface area contributed by atoms with Gasteiger partial charge in [0.25, 0.3) is 5.91 Å². The molecule has 0 bridgehead atoms. The molecule has 0 spiro atoms. The van der Waals surface area contributed by atoms with Gasteiger partial charge in [-0.3, -0.25) is 9.59 Å². The maximum Gasteiger partial charge on any atom is 0.255 e. The summed E-state index contributed by atoms with van der Waals surface area (Å²) in [7, 11) is 0. The third-order valence-electron chi connectivity index (χ3n) is 3.87. The lowest BCUT2D eigenvalue weighted by Gasteiger charge is -2.11. The molecule has 0 atom stereocenters. The van der Waals surface area contributed by atoms with Crippen molar-refractivity contribution in [3.05, 3.63) is 52.8 Å². The summed E-state index contributed by atoms with van der Waals surface area (Å²) in [5, 5.41) is 5.91. The number of hydrogen-bond donors (Lipinski definition) is 3. The van der Waals surface area contributed by atoms with Crippen molar-refractivity contribution in [3.63, 3.8) is 0 Å². The van der Waals surface area contributed by atoms with E-state index in [-0.39, 0.29) is 17.7 Å². The predicted octanol–water partition coefficient (Wildman–Crippen LogP) is 4.37. The number of H-pyrrole nitrogens is 1. The van der Waals surface area contributed by atoms with E-state index in [1.807, 2.05) is 6.92 Å². The van der Waals surface area contributed by atoms with Crippen LogP contribution in [0.15, 0.2) is 36.4 Å². The van der Waals surface area contributed by atoms with E-state index in [1.54, 1.807) is 50.2 Å². The van der Waals surface area contributed by atoms with Crippen molar-refractivity contribution in [2.75, 3.05) is 10.6 Å². The van der Waals surface area contributed by atoms with Gasteiger partial charge in [-0.05, 0) is 43.3 Å². The molecule has 0 saturated heterocycles. The lowest BCUT2D eigenvalue weighted by atomic mass is 10.1. The van der Waals surface area contributed by atoms with Crippen LogP contribution in [0.25, 0.3) is 11.0 Å².